The van der Waals surface area contributed by atoms with Crippen LogP contribution in [-0.2, 0) is 5.41 Å². The average Bonchev–Trinajstić information content (AvgIpc) is 2.41. The predicted octanol–water partition coefficient (Wildman–Crippen LogP) is 2.83. The van der Waals surface area contributed by atoms with Crippen molar-refractivity contribution < 1.29 is 9.90 Å². The third-order valence-electron chi connectivity index (χ3n) is 4.18. The number of benzene rings is 1. The van der Waals surface area contributed by atoms with Gasteiger partial charge in [0.25, 0.3) is 0 Å². The second-order valence-electron chi connectivity index (χ2n) is 6.50. The van der Waals surface area contributed by atoms with Crippen molar-refractivity contribution in [2.24, 2.45) is 0 Å². The SMILES string of the molecule is CC(C)(CNC(=O)NCC1(O)CCC1)c1ccc(Cl)cc1. The fraction of sp³-hybridized carbons (Fsp3) is 0.562. The molecule has 0 unspecified atom stereocenters. The van der Waals surface area contributed by atoms with Crippen LogP contribution < -0.4 is 10.6 Å². The number of amides is 2. The maximum absolute atomic E-state index is 11.8. The molecule has 0 saturated heterocycles. The van der Waals surface area contributed by atoms with Crippen molar-refractivity contribution in [1.29, 1.82) is 0 Å². The van der Waals surface area contributed by atoms with Crippen molar-refractivity contribution >= 4 is 17.6 Å². The van der Waals surface area contributed by atoms with Crippen molar-refractivity contribution in [3.63, 3.8) is 0 Å². The van der Waals surface area contributed by atoms with Crippen molar-refractivity contribution in [3.8, 4) is 0 Å². The highest BCUT2D eigenvalue weighted by Gasteiger charge is 2.34. The van der Waals surface area contributed by atoms with Crippen LogP contribution in [0.1, 0.15) is 38.7 Å². The van der Waals surface area contributed by atoms with Gasteiger partial charge in [0.15, 0.2) is 0 Å². The first-order valence-corrected chi connectivity index (χ1v) is 7.69. The van der Waals surface area contributed by atoms with E-state index in [4.69, 9.17) is 11.6 Å². The van der Waals surface area contributed by atoms with Gasteiger partial charge in [0.05, 0.1) is 5.60 Å². The highest BCUT2D eigenvalue weighted by atomic mass is 35.5. The van der Waals surface area contributed by atoms with Crippen molar-refractivity contribution in [2.45, 2.75) is 44.1 Å². The monoisotopic (exact) mass is 310 g/mol. The van der Waals surface area contributed by atoms with Gasteiger partial charge in [-0.15, -0.1) is 0 Å². The molecule has 2 rings (SSSR count). The predicted molar refractivity (Wildman–Crippen MR) is 84.7 cm³/mol. The molecule has 0 spiro atoms. The van der Waals surface area contributed by atoms with Crippen LogP contribution in [0.15, 0.2) is 24.3 Å². The molecule has 21 heavy (non-hydrogen) atoms. The van der Waals surface area contributed by atoms with Gasteiger partial charge in [-0.1, -0.05) is 37.6 Å². The number of aliphatic hydroxyl groups is 1. The summed E-state index contributed by atoms with van der Waals surface area (Å²) in [4.78, 5) is 11.8. The second-order valence-corrected chi connectivity index (χ2v) is 6.94. The molecular formula is C16H23ClN2O2. The summed E-state index contributed by atoms with van der Waals surface area (Å²) in [5.41, 5.74) is 0.239. The second kappa shape index (κ2) is 6.24. The number of hydrogen-bond acceptors (Lipinski definition) is 2. The first kappa shape index (κ1) is 16.1. The summed E-state index contributed by atoms with van der Waals surface area (Å²) in [6.07, 6.45) is 2.57. The highest BCUT2D eigenvalue weighted by molar-refractivity contribution is 6.30. The maximum atomic E-state index is 11.8. The Kier molecular flexibility index (Phi) is 4.79. The van der Waals surface area contributed by atoms with Crippen molar-refractivity contribution in [2.75, 3.05) is 13.1 Å². The van der Waals surface area contributed by atoms with E-state index in [1.54, 1.807) is 0 Å². The van der Waals surface area contributed by atoms with E-state index < -0.39 is 5.60 Å². The van der Waals surface area contributed by atoms with E-state index in [-0.39, 0.29) is 11.4 Å². The van der Waals surface area contributed by atoms with Gasteiger partial charge in [-0.05, 0) is 37.0 Å². The van der Waals surface area contributed by atoms with Crippen LogP contribution in [0.5, 0.6) is 0 Å². The lowest BCUT2D eigenvalue weighted by molar-refractivity contribution is -0.0290. The topological polar surface area (TPSA) is 61.4 Å². The fourth-order valence-electron chi connectivity index (χ4n) is 2.37. The Labute approximate surface area is 130 Å². The van der Waals surface area contributed by atoms with Gasteiger partial charge < -0.3 is 15.7 Å². The quantitative estimate of drug-likeness (QED) is 0.783. The molecule has 3 N–H and O–H groups in total. The number of hydrogen-bond donors (Lipinski definition) is 3. The van der Waals surface area contributed by atoms with Crippen LogP contribution in [0, 0.1) is 0 Å². The van der Waals surface area contributed by atoms with E-state index in [9.17, 15) is 9.90 Å². The molecule has 0 radical (unpaired) electrons. The number of rotatable bonds is 5. The van der Waals surface area contributed by atoms with Crippen LogP contribution in [0.2, 0.25) is 5.02 Å². The maximum Gasteiger partial charge on any atom is 0.314 e. The molecule has 2 amide bonds. The number of carbonyl (C=O) groups excluding carboxylic acids is 1. The summed E-state index contributed by atoms with van der Waals surface area (Å²) >= 11 is 5.89. The van der Waals surface area contributed by atoms with E-state index >= 15 is 0 Å². The van der Waals surface area contributed by atoms with E-state index in [1.165, 1.54) is 0 Å². The molecule has 1 aliphatic carbocycles. The number of carbonyl (C=O) groups is 1. The molecule has 4 nitrogen and oxygen atoms in total. The van der Waals surface area contributed by atoms with Gasteiger partial charge in [0, 0.05) is 23.5 Å². The summed E-state index contributed by atoms with van der Waals surface area (Å²) in [5.74, 6) is 0. The van der Waals surface area contributed by atoms with Gasteiger partial charge >= 0.3 is 6.03 Å². The first-order valence-electron chi connectivity index (χ1n) is 7.31. The molecular weight excluding hydrogens is 288 g/mol. The van der Waals surface area contributed by atoms with Crippen LogP contribution in [0.25, 0.3) is 0 Å². The van der Waals surface area contributed by atoms with Crippen molar-refractivity contribution in [1.82, 2.24) is 10.6 Å². The number of nitrogens with one attached hydrogen (secondary N) is 2. The molecule has 5 heteroatoms. The molecule has 116 valence electrons. The lowest BCUT2D eigenvalue weighted by Gasteiger charge is -2.36. The van der Waals surface area contributed by atoms with Crippen LogP contribution in [0.3, 0.4) is 0 Å². The van der Waals surface area contributed by atoms with E-state index in [0.29, 0.717) is 18.1 Å². The summed E-state index contributed by atoms with van der Waals surface area (Å²) in [6.45, 7) is 4.96. The Morgan fingerprint density at radius 3 is 2.43 bits per heavy atom. The Morgan fingerprint density at radius 2 is 1.90 bits per heavy atom. The normalized spacial score (nSPS) is 17.0. The summed E-state index contributed by atoms with van der Waals surface area (Å²) in [6, 6.07) is 7.41. The average molecular weight is 311 g/mol. The molecule has 0 bridgehead atoms. The minimum atomic E-state index is -0.691. The zero-order chi connectivity index (χ0) is 15.5. The van der Waals surface area contributed by atoms with E-state index in [1.807, 2.05) is 24.3 Å². The number of halogens is 1. The van der Waals surface area contributed by atoms with Gasteiger partial charge in [-0.2, -0.15) is 0 Å². The highest BCUT2D eigenvalue weighted by Crippen LogP contribution is 2.30. The number of urea groups is 1. The smallest absolute Gasteiger partial charge is 0.314 e. The molecule has 0 heterocycles. The van der Waals surface area contributed by atoms with Crippen LogP contribution in [-0.4, -0.2) is 29.8 Å². The molecule has 0 aromatic heterocycles. The first-order chi connectivity index (χ1) is 9.81. The lowest BCUT2D eigenvalue weighted by atomic mass is 9.80. The lowest BCUT2D eigenvalue weighted by Crippen LogP contribution is -2.51. The third-order valence-corrected chi connectivity index (χ3v) is 4.43. The third kappa shape index (κ3) is 4.35. The minimum absolute atomic E-state index is 0.185. The zero-order valence-electron chi connectivity index (χ0n) is 12.6. The molecule has 0 atom stereocenters. The standard InChI is InChI=1S/C16H23ClN2O2/c1-15(2,12-4-6-13(17)7-5-12)10-18-14(20)19-11-16(21)8-3-9-16/h4-7,21H,3,8-11H2,1-2H3,(H2,18,19,20). The largest absolute Gasteiger partial charge is 0.388 e. The van der Waals surface area contributed by atoms with Crippen LogP contribution >= 0.6 is 11.6 Å². The van der Waals surface area contributed by atoms with Gasteiger partial charge in [-0.25, -0.2) is 4.79 Å². The van der Waals surface area contributed by atoms with Crippen molar-refractivity contribution in [3.05, 3.63) is 34.9 Å². The Hall–Kier alpha value is -1.26. The Bertz CT molecular complexity index is 496. The van der Waals surface area contributed by atoms with Gasteiger partial charge in [0.2, 0.25) is 0 Å². The minimum Gasteiger partial charge on any atom is -0.388 e. The Morgan fingerprint density at radius 1 is 1.29 bits per heavy atom. The molecule has 1 aromatic carbocycles. The summed E-state index contributed by atoms with van der Waals surface area (Å²) in [5, 5.41) is 16.2. The Balaban J connectivity index is 1.80. The summed E-state index contributed by atoms with van der Waals surface area (Å²) < 4.78 is 0. The zero-order valence-corrected chi connectivity index (χ0v) is 13.3. The fourth-order valence-corrected chi connectivity index (χ4v) is 2.50. The van der Waals surface area contributed by atoms with E-state index in [2.05, 4.69) is 24.5 Å². The summed E-state index contributed by atoms with van der Waals surface area (Å²) in [7, 11) is 0. The molecule has 1 aromatic rings. The van der Waals surface area contributed by atoms with Crippen LogP contribution in [0.4, 0.5) is 4.79 Å². The molecule has 1 aliphatic rings. The van der Waals surface area contributed by atoms with Gasteiger partial charge in [-0.3, -0.25) is 0 Å². The molecule has 1 saturated carbocycles. The molecule has 0 aliphatic heterocycles. The van der Waals surface area contributed by atoms with E-state index in [0.717, 1.165) is 24.8 Å². The van der Waals surface area contributed by atoms with Gasteiger partial charge in [0.1, 0.15) is 0 Å². The molecule has 1 fully saturated rings.